The van der Waals surface area contributed by atoms with Crippen molar-refractivity contribution < 1.29 is 14.3 Å². The molecule has 3 atom stereocenters. The highest BCUT2D eigenvalue weighted by atomic mass is 16.5. The number of carbonyl (C=O) groups excluding carboxylic acids is 2. The molecule has 2 heterocycles. The van der Waals surface area contributed by atoms with Gasteiger partial charge in [0.1, 0.15) is 17.4 Å². The molecule has 1 amide bonds. The van der Waals surface area contributed by atoms with Gasteiger partial charge in [-0.3, -0.25) is 14.6 Å². The fourth-order valence-corrected chi connectivity index (χ4v) is 4.60. The van der Waals surface area contributed by atoms with Gasteiger partial charge in [-0.05, 0) is 55.5 Å². The Kier molecular flexibility index (Phi) is 5.72. The number of hydrogen-bond donors (Lipinski definition) is 1. The number of pyridine rings is 1. The molecule has 1 saturated carbocycles. The quantitative estimate of drug-likeness (QED) is 0.796. The van der Waals surface area contributed by atoms with Gasteiger partial charge in [0.2, 0.25) is 0 Å². The van der Waals surface area contributed by atoms with Crippen LogP contribution in [-0.4, -0.2) is 29.5 Å². The third-order valence-electron chi connectivity index (χ3n) is 6.01. The minimum atomic E-state index is -0.432. The summed E-state index contributed by atoms with van der Waals surface area (Å²) in [4.78, 5) is 35.6. The Bertz CT molecular complexity index is 1090. The fourth-order valence-electron chi connectivity index (χ4n) is 4.60. The Morgan fingerprint density at radius 3 is 2.65 bits per heavy atom. The first kappa shape index (κ1) is 21.0. The summed E-state index contributed by atoms with van der Waals surface area (Å²) in [6.45, 7) is 5.86. The maximum absolute atomic E-state index is 13.4. The Morgan fingerprint density at radius 1 is 1.13 bits per heavy atom. The number of nitrogens with one attached hydrogen (secondary N) is 1. The number of nitrogens with zero attached hydrogens (tertiary/aromatic N) is 2. The lowest BCUT2D eigenvalue weighted by molar-refractivity contribution is -0.123. The van der Waals surface area contributed by atoms with Gasteiger partial charge in [-0.1, -0.05) is 25.1 Å². The number of methoxy groups -OCH3 is 1. The number of rotatable bonds is 4. The molecule has 4 rings (SSSR count). The summed E-state index contributed by atoms with van der Waals surface area (Å²) in [6.07, 6.45) is 2.97. The van der Waals surface area contributed by atoms with E-state index in [4.69, 9.17) is 9.73 Å². The van der Waals surface area contributed by atoms with Gasteiger partial charge in [-0.15, -0.1) is 0 Å². The summed E-state index contributed by atoms with van der Waals surface area (Å²) in [5, 5.41) is 2.90. The van der Waals surface area contributed by atoms with Crippen molar-refractivity contribution in [3.05, 3.63) is 65.0 Å². The van der Waals surface area contributed by atoms with Crippen LogP contribution in [0.5, 0.6) is 5.75 Å². The molecular formula is C25H27N3O3. The summed E-state index contributed by atoms with van der Waals surface area (Å²) >= 11 is 0. The number of fused-ring (bicyclic) bond motifs is 1. The lowest BCUT2D eigenvalue weighted by Gasteiger charge is -2.37. The van der Waals surface area contributed by atoms with Gasteiger partial charge in [-0.2, -0.15) is 0 Å². The van der Waals surface area contributed by atoms with Crippen molar-refractivity contribution in [3.8, 4) is 5.75 Å². The number of ketones is 1. The normalized spacial score (nSPS) is 23.2. The van der Waals surface area contributed by atoms with Gasteiger partial charge in [0.05, 0.1) is 13.0 Å². The van der Waals surface area contributed by atoms with Gasteiger partial charge in [0.25, 0.3) is 5.91 Å². The van der Waals surface area contributed by atoms with Crippen LogP contribution in [0.25, 0.3) is 0 Å². The van der Waals surface area contributed by atoms with E-state index in [0.717, 1.165) is 23.3 Å². The second-order valence-corrected chi connectivity index (χ2v) is 8.49. The Labute approximate surface area is 182 Å². The molecule has 31 heavy (non-hydrogen) atoms. The predicted octanol–water partition coefficient (Wildman–Crippen LogP) is 4.46. The zero-order valence-corrected chi connectivity index (χ0v) is 18.3. The summed E-state index contributed by atoms with van der Waals surface area (Å²) in [6, 6.07) is 11.3. The molecule has 1 aliphatic carbocycles. The number of benzene rings is 1. The minimum Gasteiger partial charge on any atom is -0.497 e. The first-order chi connectivity index (χ1) is 14.9. The van der Waals surface area contributed by atoms with Gasteiger partial charge in [0, 0.05) is 35.5 Å². The largest absolute Gasteiger partial charge is 0.497 e. The number of carbonyl (C=O) groups is 2. The average molecular weight is 418 g/mol. The van der Waals surface area contributed by atoms with E-state index in [1.54, 1.807) is 19.4 Å². The monoisotopic (exact) mass is 417 g/mol. The Balaban J connectivity index is 1.80. The molecule has 0 saturated heterocycles. The lowest BCUT2D eigenvalue weighted by atomic mass is 9.67. The highest BCUT2D eigenvalue weighted by Crippen LogP contribution is 2.44. The van der Waals surface area contributed by atoms with E-state index in [2.05, 4.69) is 17.2 Å². The molecule has 6 nitrogen and oxygen atoms in total. The van der Waals surface area contributed by atoms with Crippen molar-refractivity contribution >= 4 is 23.2 Å². The van der Waals surface area contributed by atoms with Crippen LogP contribution in [0.3, 0.4) is 0 Å². The van der Waals surface area contributed by atoms with Gasteiger partial charge < -0.3 is 10.1 Å². The zero-order valence-electron chi connectivity index (χ0n) is 18.3. The first-order valence-electron chi connectivity index (χ1n) is 10.6. The molecule has 1 aliphatic heterocycles. The summed E-state index contributed by atoms with van der Waals surface area (Å²) in [7, 11) is 1.61. The van der Waals surface area contributed by atoms with Crippen LogP contribution in [0.4, 0.5) is 5.82 Å². The molecule has 2 aliphatic rings. The number of amides is 1. The third-order valence-corrected chi connectivity index (χ3v) is 6.01. The smallest absolute Gasteiger partial charge is 0.255 e. The minimum absolute atomic E-state index is 0.136. The number of Topliss-reactive ketones (excluding diaryl/α,β-unsaturated/α-hetero) is 1. The van der Waals surface area contributed by atoms with Crippen molar-refractivity contribution in [1.29, 1.82) is 0 Å². The van der Waals surface area contributed by atoms with E-state index in [1.807, 2.05) is 44.2 Å². The molecule has 1 aromatic carbocycles. The van der Waals surface area contributed by atoms with Crippen LogP contribution >= 0.6 is 0 Å². The van der Waals surface area contributed by atoms with Crippen molar-refractivity contribution in [3.63, 3.8) is 0 Å². The average Bonchev–Trinajstić information content (AvgIpc) is 2.74. The SMILES string of the molecule is COc1cccc([C@H]2C(C(=O)Nc3ccc(C)cn3)=C(C)N=C3C[C@H](C)CC(=O)[C@@H]32)c1. The molecule has 1 fully saturated rings. The Hall–Kier alpha value is -3.28. The third kappa shape index (κ3) is 4.15. The van der Waals surface area contributed by atoms with E-state index in [1.165, 1.54) is 0 Å². The summed E-state index contributed by atoms with van der Waals surface area (Å²) in [5.74, 6) is 0.433. The summed E-state index contributed by atoms with van der Waals surface area (Å²) < 4.78 is 5.41. The van der Waals surface area contributed by atoms with Crippen LogP contribution in [-0.2, 0) is 9.59 Å². The van der Waals surface area contributed by atoms with Crippen LogP contribution in [0.2, 0.25) is 0 Å². The fraction of sp³-hybridized carbons (Fsp3) is 0.360. The number of hydrogen-bond acceptors (Lipinski definition) is 5. The molecule has 0 unspecified atom stereocenters. The van der Waals surface area contributed by atoms with E-state index >= 15 is 0 Å². The molecular weight excluding hydrogens is 390 g/mol. The van der Waals surface area contributed by atoms with Crippen molar-refractivity contribution in [1.82, 2.24) is 4.98 Å². The van der Waals surface area contributed by atoms with Gasteiger partial charge in [-0.25, -0.2) is 4.98 Å². The topological polar surface area (TPSA) is 80.7 Å². The van der Waals surface area contributed by atoms with Crippen LogP contribution < -0.4 is 10.1 Å². The van der Waals surface area contributed by atoms with Gasteiger partial charge in [0.15, 0.2) is 0 Å². The first-order valence-corrected chi connectivity index (χ1v) is 10.6. The van der Waals surface area contributed by atoms with E-state index in [0.29, 0.717) is 29.3 Å². The molecule has 1 aromatic heterocycles. The van der Waals surface area contributed by atoms with Crippen molar-refractivity contribution in [2.75, 3.05) is 12.4 Å². The second-order valence-electron chi connectivity index (χ2n) is 8.49. The number of ether oxygens (including phenoxy) is 1. The van der Waals surface area contributed by atoms with E-state index < -0.39 is 11.8 Å². The second kappa shape index (κ2) is 8.46. The molecule has 0 spiro atoms. The summed E-state index contributed by atoms with van der Waals surface area (Å²) in [5.41, 5.74) is 3.91. The van der Waals surface area contributed by atoms with Crippen molar-refractivity contribution in [2.45, 2.75) is 39.5 Å². The molecule has 0 bridgehead atoms. The van der Waals surface area contributed by atoms with Gasteiger partial charge >= 0.3 is 0 Å². The van der Waals surface area contributed by atoms with Crippen LogP contribution in [0, 0.1) is 18.8 Å². The predicted molar refractivity (Wildman–Crippen MR) is 120 cm³/mol. The standard InChI is InChI=1S/C25H27N3O3/c1-14-8-9-21(26-13-14)28-25(30)22-16(3)27-19-10-15(2)11-20(29)24(19)23(22)17-6-5-7-18(12-17)31-4/h5-9,12-13,15,23-24H,10-11H2,1-4H3,(H,26,28,30)/t15-,23-,24+/m0/s1. The Morgan fingerprint density at radius 2 is 1.94 bits per heavy atom. The molecule has 6 heteroatoms. The van der Waals surface area contributed by atoms with E-state index in [9.17, 15) is 9.59 Å². The number of aromatic nitrogens is 1. The molecule has 0 radical (unpaired) electrons. The lowest BCUT2D eigenvalue weighted by Crippen LogP contribution is -2.41. The molecule has 2 aromatic rings. The maximum Gasteiger partial charge on any atom is 0.255 e. The van der Waals surface area contributed by atoms with Crippen LogP contribution in [0.1, 0.15) is 43.7 Å². The van der Waals surface area contributed by atoms with Crippen LogP contribution in [0.15, 0.2) is 58.9 Å². The number of allylic oxidation sites excluding steroid dienone is 1. The number of aliphatic imine (C=N–C) groups is 1. The number of anilines is 1. The zero-order chi connectivity index (χ0) is 22.1. The maximum atomic E-state index is 13.4. The number of aryl methyl sites for hydroxylation is 1. The van der Waals surface area contributed by atoms with E-state index in [-0.39, 0.29) is 17.6 Å². The molecule has 1 N–H and O–H groups in total. The highest BCUT2D eigenvalue weighted by molar-refractivity contribution is 6.14. The van der Waals surface area contributed by atoms with Crippen molar-refractivity contribution in [2.24, 2.45) is 16.8 Å². The molecule has 160 valence electrons. The highest BCUT2D eigenvalue weighted by Gasteiger charge is 2.44.